The van der Waals surface area contributed by atoms with Gasteiger partial charge in [-0.25, -0.2) is 9.97 Å². The molecule has 23 heavy (non-hydrogen) atoms. The summed E-state index contributed by atoms with van der Waals surface area (Å²) in [5.41, 5.74) is 1.21. The molecule has 128 valence electrons. The predicted octanol–water partition coefficient (Wildman–Crippen LogP) is 2.27. The van der Waals surface area contributed by atoms with Crippen LogP contribution in [-0.2, 0) is 11.3 Å². The van der Waals surface area contributed by atoms with E-state index in [4.69, 9.17) is 4.74 Å². The number of hydrogen-bond donors (Lipinski definition) is 0. The minimum absolute atomic E-state index is 0.546. The van der Waals surface area contributed by atoms with Gasteiger partial charge in [0.05, 0.1) is 13.2 Å². The van der Waals surface area contributed by atoms with Crippen molar-refractivity contribution in [1.82, 2.24) is 19.8 Å². The molecule has 6 heteroatoms. The van der Waals surface area contributed by atoms with Gasteiger partial charge in [0.2, 0.25) is 0 Å². The number of piperazine rings is 1. The molecule has 5 nitrogen and oxygen atoms in total. The van der Waals surface area contributed by atoms with Crippen molar-refractivity contribution in [2.24, 2.45) is 0 Å². The van der Waals surface area contributed by atoms with Crippen molar-refractivity contribution in [2.45, 2.75) is 50.5 Å². The lowest BCUT2D eigenvalue weighted by atomic mass is 10.0. The quantitative estimate of drug-likeness (QED) is 0.586. The highest BCUT2D eigenvalue weighted by Crippen LogP contribution is 2.22. The predicted molar refractivity (Wildman–Crippen MR) is 93.7 cm³/mol. The van der Waals surface area contributed by atoms with E-state index in [0.717, 1.165) is 50.3 Å². The van der Waals surface area contributed by atoms with E-state index < -0.39 is 0 Å². The largest absolute Gasteiger partial charge is 0.378 e. The van der Waals surface area contributed by atoms with Crippen LogP contribution < -0.4 is 0 Å². The Hall–Kier alpha value is -0.690. The van der Waals surface area contributed by atoms with Gasteiger partial charge in [0.25, 0.3) is 0 Å². The van der Waals surface area contributed by atoms with E-state index in [2.05, 4.69) is 33.6 Å². The standard InChI is InChI=1S/C17H28N4OS/c1-3-5-15-12-22-13-16-11-20(6-7-21(15)16)10-14-8-18-17(19-9-14)23-4-2/h8-9,15-16H,3-7,10-13H2,1-2H3/t15-,16+/m0/s1. The smallest absolute Gasteiger partial charge is 0.187 e. The first-order valence-corrected chi connectivity index (χ1v) is 9.78. The van der Waals surface area contributed by atoms with Gasteiger partial charge in [0.15, 0.2) is 5.16 Å². The summed E-state index contributed by atoms with van der Waals surface area (Å²) in [4.78, 5) is 14.1. The van der Waals surface area contributed by atoms with Crippen molar-refractivity contribution in [3.63, 3.8) is 0 Å². The Labute approximate surface area is 143 Å². The van der Waals surface area contributed by atoms with E-state index in [1.807, 2.05) is 12.4 Å². The lowest BCUT2D eigenvalue weighted by molar-refractivity contribution is -0.0840. The molecule has 0 bridgehead atoms. The molecule has 1 aromatic heterocycles. The van der Waals surface area contributed by atoms with Crippen LogP contribution in [-0.4, -0.2) is 70.5 Å². The van der Waals surface area contributed by atoms with E-state index in [9.17, 15) is 0 Å². The van der Waals surface area contributed by atoms with Gasteiger partial charge in [0.1, 0.15) is 0 Å². The number of nitrogens with zero attached hydrogens (tertiary/aromatic N) is 4. The summed E-state index contributed by atoms with van der Waals surface area (Å²) in [5, 5.41) is 0.879. The molecule has 0 unspecified atom stereocenters. The van der Waals surface area contributed by atoms with E-state index >= 15 is 0 Å². The third kappa shape index (κ3) is 4.44. The van der Waals surface area contributed by atoms with Crippen molar-refractivity contribution in [2.75, 3.05) is 38.6 Å². The molecule has 0 radical (unpaired) electrons. The minimum Gasteiger partial charge on any atom is -0.378 e. The monoisotopic (exact) mass is 336 g/mol. The van der Waals surface area contributed by atoms with Crippen LogP contribution in [0, 0.1) is 0 Å². The molecule has 0 aromatic carbocycles. The summed E-state index contributed by atoms with van der Waals surface area (Å²) >= 11 is 1.69. The highest BCUT2D eigenvalue weighted by molar-refractivity contribution is 7.99. The van der Waals surface area contributed by atoms with Crippen molar-refractivity contribution < 1.29 is 4.74 Å². The summed E-state index contributed by atoms with van der Waals surface area (Å²) in [6, 6.07) is 1.17. The summed E-state index contributed by atoms with van der Waals surface area (Å²) in [6.07, 6.45) is 6.45. The molecule has 0 spiro atoms. The van der Waals surface area contributed by atoms with E-state index in [1.165, 1.54) is 18.4 Å². The molecule has 2 fully saturated rings. The van der Waals surface area contributed by atoms with Crippen LogP contribution in [0.2, 0.25) is 0 Å². The SMILES string of the molecule is CCC[C@H]1COC[C@H]2CN(Cc3cnc(SCC)nc3)CCN12. The van der Waals surface area contributed by atoms with Gasteiger partial charge in [0, 0.05) is 56.2 Å². The van der Waals surface area contributed by atoms with Crippen molar-refractivity contribution in [3.8, 4) is 0 Å². The number of morpholine rings is 1. The second-order valence-corrected chi connectivity index (χ2v) is 7.64. The van der Waals surface area contributed by atoms with Gasteiger partial charge in [-0.3, -0.25) is 9.80 Å². The Morgan fingerprint density at radius 3 is 2.78 bits per heavy atom. The third-order valence-corrected chi connectivity index (χ3v) is 5.44. The maximum atomic E-state index is 5.85. The van der Waals surface area contributed by atoms with Crippen LogP contribution in [0.15, 0.2) is 17.6 Å². The first-order valence-electron chi connectivity index (χ1n) is 8.79. The first kappa shape index (κ1) is 17.1. The average molecular weight is 337 g/mol. The maximum absolute atomic E-state index is 5.85. The van der Waals surface area contributed by atoms with E-state index in [0.29, 0.717) is 12.1 Å². The fourth-order valence-electron chi connectivity index (χ4n) is 3.61. The average Bonchev–Trinajstić information content (AvgIpc) is 2.57. The van der Waals surface area contributed by atoms with Crippen LogP contribution in [0.25, 0.3) is 0 Å². The first-order chi connectivity index (χ1) is 11.3. The second kappa shape index (κ2) is 8.42. The number of fused-ring (bicyclic) bond motifs is 1. The maximum Gasteiger partial charge on any atom is 0.187 e. The molecule has 2 aliphatic rings. The van der Waals surface area contributed by atoms with Gasteiger partial charge >= 0.3 is 0 Å². The Kier molecular flexibility index (Phi) is 6.28. The zero-order valence-corrected chi connectivity index (χ0v) is 15.1. The Morgan fingerprint density at radius 1 is 1.22 bits per heavy atom. The zero-order chi connectivity index (χ0) is 16.1. The molecule has 0 amide bonds. The van der Waals surface area contributed by atoms with Gasteiger partial charge < -0.3 is 4.74 Å². The normalized spacial score (nSPS) is 26.2. The second-order valence-electron chi connectivity index (χ2n) is 6.41. The Morgan fingerprint density at radius 2 is 2.04 bits per heavy atom. The number of ether oxygens (including phenoxy) is 1. The van der Waals surface area contributed by atoms with Crippen molar-refractivity contribution >= 4 is 11.8 Å². The topological polar surface area (TPSA) is 41.5 Å². The van der Waals surface area contributed by atoms with Crippen LogP contribution in [0.1, 0.15) is 32.3 Å². The van der Waals surface area contributed by atoms with Gasteiger partial charge in [-0.05, 0) is 12.2 Å². The minimum atomic E-state index is 0.546. The summed E-state index contributed by atoms with van der Waals surface area (Å²) in [6.45, 7) is 10.5. The van der Waals surface area contributed by atoms with Gasteiger partial charge in [-0.2, -0.15) is 0 Å². The molecule has 0 saturated carbocycles. The van der Waals surface area contributed by atoms with E-state index in [1.54, 1.807) is 11.8 Å². The van der Waals surface area contributed by atoms with Gasteiger partial charge in [-0.15, -0.1) is 0 Å². The van der Waals surface area contributed by atoms with Crippen LogP contribution in [0.4, 0.5) is 0 Å². The summed E-state index contributed by atoms with van der Waals surface area (Å²) in [5.74, 6) is 1.02. The molecule has 3 rings (SSSR count). The lowest BCUT2D eigenvalue weighted by Crippen LogP contribution is -2.61. The number of rotatable bonds is 6. The van der Waals surface area contributed by atoms with E-state index in [-0.39, 0.29) is 0 Å². The fourth-order valence-corrected chi connectivity index (χ4v) is 4.12. The molecule has 2 atom stereocenters. The molecule has 1 aromatic rings. The summed E-state index contributed by atoms with van der Waals surface area (Å²) in [7, 11) is 0. The number of thioether (sulfide) groups is 1. The van der Waals surface area contributed by atoms with Crippen LogP contribution in [0.5, 0.6) is 0 Å². The molecule has 0 N–H and O–H groups in total. The highest BCUT2D eigenvalue weighted by atomic mass is 32.2. The molecule has 0 aliphatic carbocycles. The van der Waals surface area contributed by atoms with Gasteiger partial charge in [-0.1, -0.05) is 32.0 Å². The lowest BCUT2D eigenvalue weighted by Gasteiger charge is -2.48. The van der Waals surface area contributed by atoms with Crippen molar-refractivity contribution in [1.29, 1.82) is 0 Å². The Bertz CT molecular complexity index is 482. The number of hydrogen-bond acceptors (Lipinski definition) is 6. The molecule has 2 aliphatic heterocycles. The molecule has 3 heterocycles. The highest BCUT2D eigenvalue weighted by Gasteiger charge is 2.34. The molecular weight excluding hydrogens is 308 g/mol. The molecular formula is C17H28N4OS. The molecule has 2 saturated heterocycles. The zero-order valence-electron chi connectivity index (χ0n) is 14.3. The number of aromatic nitrogens is 2. The summed E-state index contributed by atoms with van der Waals surface area (Å²) < 4.78 is 5.85. The van der Waals surface area contributed by atoms with Crippen LogP contribution >= 0.6 is 11.8 Å². The third-order valence-electron chi connectivity index (χ3n) is 4.69. The van der Waals surface area contributed by atoms with Crippen molar-refractivity contribution in [3.05, 3.63) is 18.0 Å². The van der Waals surface area contributed by atoms with Crippen LogP contribution in [0.3, 0.4) is 0 Å². The Balaban J connectivity index is 1.55. The fraction of sp³-hybridized carbons (Fsp3) is 0.765.